The fourth-order valence-electron chi connectivity index (χ4n) is 12.1. The summed E-state index contributed by atoms with van der Waals surface area (Å²) in [7, 11) is -8.78. The SMILES string of the molecule is CC(C)(C)[Si](C)(C)OCC1=C(CO[Si](C)(C)C(C)(C)C)[C@@H]2C=C[C@H]1c1ccc(s1)-c1ccc3c(c1)C(=O)c1cc(ccc1-3)-c1ccc(s1)[C@@H]1C=C[C@@H](C(CO[Si](C)(C)C(C)(C)C)=C1CO[Si](C)(C)C(C)(C)C)c1ccc(s1)-c1ccc(cc1)-c1ccc(cc1)-c1ccc2s1. The van der Waals surface area contributed by atoms with Crippen LogP contribution in [0.2, 0.25) is 72.5 Å². The normalized spacial score (nSPS) is 18.6. The highest BCUT2D eigenvalue weighted by atomic mass is 32.1. The Kier molecular flexibility index (Phi) is 18.6. The summed E-state index contributed by atoms with van der Waals surface area (Å²) >= 11 is 7.44. The van der Waals surface area contributed by atoms with Gasteiger partial charge in [-0.05, 0) is 200 Å². The molecule has 492 valence electrons. The Morgan fingerprint density at radius 2 is 0.521 bits per heavy atom. The van der Waals surface area contributed by atoms with Crippen LogP contribution in [-0.2, 0) is 17.7 Å². The summed E-state index contributed by atoms with van der Waals surface area (Å²) in [5.74, 6) is 0.142. The van der Waals surface area contributed by atoms with E-state index in [1.165, 1.54) is 73.8 Å². The molecule has 0 fully saturated rings. The molecule has 4 aromatic heterocycles. The van der Waals surface area contributed by atoms with Gasteiger partial charge in [0.2, 0.25) is 0 Å². The molecule has 0 saturated heterocycles. The van der Waals surface area contributed by atoms with Crippen LogP contribution in [0.4, 0.5) is 0 Å². The molecule has 0 unspecified atom stereocenters. The molecule has 3 aliphatic carbocycles. The van der Waals surface area contributed by atoms with Crippen molar-refractivity contribution in [2.24, 2.45) is 0 Å². The first kappa shape index (κ1) is 68.9. The molecule has 13 heteroatoms. The first-order valence-electron chi connectivity index (χ1n) is 33.8. The van der Waals surface area contributed by atoms with Crippen LogP contribution in [-0.4, -0.2) is 65.5 Å². The summed E-state index contributed by atoms with van der Waals surface area (Å²) in [6.07, 6.45) is 9.81. The highest BCUT2D eigenvalue weighted by Gasteiger charge is 2.44. The molecule has 5 nitrogen and oxygen atoms in total. The van der Waals surface area contributed by atoms with E-state index in [0.29, 0.717) is 26.4 Å². The van der Waals surface area contributed by atoms with Gasteiger partial charge >= 0.3 is 0 Å². The lowest BCUT2D eigenvalue weighted by atomic mass is 9.81. The van der Waals surface area contributed by atoms with Crippen molar-refractivity contribution in [2.75, 3.05) is 26.4 Å². The zero-order valence-electron chi connectivity index (χ0n) is 59.3. The molecular weight excluding hydrogens is 1290 g/mol. The zero-order valence-corrected chi connectivity index (χ0v) is 66.6. The molecule has 8 aliphatic heterocycles. The van der Waals surface area contributed by atoms with E-state index in [1.807, 2.05) is 45.3 Å². The number of fused-ring (bicyclic) bond motifs is 1. The van der Waals surface area contributed by atoms with Crippen LogP contribution >= 0.6 is 45.3 Å². The molecule has 11 aliphatic rings. The lowest BCUT2D eigenvalue weighted by Gasteiger charge is -2.40. The van der Waals surface area contributed by atoms with Crippen molar-refractivity contribution < 1.29 is 22.5 Å². The summed E-state index contributed by atoms with van der Waals surface area (Å²) in [5, 5.41) is 0.155. The van der Waals surface area contributed by atoms with Crippen molar-refractivity contribution in [3.63, 3.8) is 0 Å². The third-order valence-electron chi connectivity index (χ3n) is 22.7. The van der Waals surface area contributed by atoms with Gasteiger partial charge in [-0.3, -0.25) is 4.79 Å². The van der Waals surface area contributed by atoms with Crippen molar-refractivity contribution in [3.05, 3.63) is 211 Å². The zero-order chi connectivity index (χ0) is 67.5. The second-order valence-electron chi connectivity index (χ2n) is 32.8. The van der Waals surface area contributed by atoms with E-state index < -0.39 is 33.3 Å². The number of ketones is 1. The van der Waals surface area contributed by atoms with E-state index in [-0.39, 0.29) is 49.6 Å². The fraction of sp³-hybridized carbons (Fsp3) is 0.395. The molecular formula is C81H98O5S4Si4. The van der Waals surface area contributed by atoms with Crippen LogP contribution in [0.15, 0.2) is 180 Å². The lowest BCUT2D eigenvalue weighted by molar-refractivity contribution is 0.104. The first-order chi connectivity index (χ1) is 44.0. The Morgan fingerprint density at radius 3 is 0.766 bits per heavy atom. The van der Waals surface area contributed by atoms with Gasteiger partial charge in [0.05, 0.1) is 26.4 Å². The second-order valence-corrected chi connectivity index (χ2v) is 56.5. The molecule has 0 amide bonds. The third-order valence-corrected chi connectivity index (χ3v) is 45.5. The van der Waals surface area contributed by atoms with Gasteiger partial charge < -0.3 is 17.7 Å². The van der Waals surface area contributed by atoms with E-state index in [1.54, 1.807) is 0 Å². The smallest absolute Gasteiger partial charge is 0.194 e. The molecule has 0 radical (unpaired) electrons. The number of carbonyl (C=O) groups is 1. The third kappa shape index (κ3) is 13.4. The maximum atomic E-state index is 15.0. The number of carbonyl (C=O) groups excluding carboxylic acids is 1. The van der Waals surface area contributed by atoms with Gasteiger partial charge in [-0.15, -0.1) is 45.3 Å². The molecule has 0 N–H and O–H groups in total. The number of hydrogen-bond acceptors (Lipinski definition) is 9. The molecule has 8 aromatic rings. The number of rotatable bonds is 12. The van der Waals surface area contributed by atoms with Crippen LogP contribution in [0.25, 0.3) is 64.0 Å². The summed E-state index contributed by atoms with van der Waals surface area (Å²) in [4.78, 5) is 24.9. The number of benzene rings is 4. The van der Waals surface area contributed by atoms with E-state index in [0.717, 1.165) is 43.1 Å². The Morgan fingerprint density at radius 1 is 0.298 bits per heavy atom. The van der Waals surface area contributed by atoms with Gasteiger partial charge in [0.1, 0.15) is 0 Å². The highest BCUT2D eigenvalue weighted by Crippen LogP contribution is 2.52. The molecule has 19 rings (SSSR count). The molecule has 94 heavy (non-hydrogen) atoms. The van der Waals surface area contributed by atoms with Gasteiger partial charge in [-0.2, -0.15) is 0 Å². The summed E-state index contributed by atoms with van der Waals surface area (Å²) < 4.78 is 29.3. The quantitative estimate of drug-likeness (QED) is 0.0901. The van der Waals surface area contributed by atoms with Gasteiger partial charge in [0, 0.05) is 73.8 Å². The molecule has 20 bridgehead atoms. The van der Waals surface area contributed by atoms with Crippen molar-refractivity contribution >= 4 is 84.4 Å². The van der Waals surface area contributed by atoms with E-state index in [9.17, 15) is 4.79 Å². The molecule has 12 heterocycles. The van der Waals surface area contributed by atoms with Gasteiger partial charge in [-0.1, -0.05) is 180 Å². The average molecular weight is 1390 g/mol. The fourth-order valence-corrected chi connectivity index (χ4v) is 20.4. The van der Waals surface area contributed by atoms with Crippen LogP contribution in [0.3, 0.4) is 0 Å². The van der Waals surface area contributed by atoms with Gasteiger partial charge in [-0.25, -0.2) is 0 Å². The summed E-state index contributed by atoms with van der Waals surface area (Å²) in [6, 6.07) is 49.9. The minimum Gasteiger partial charge on any atom is -0.413 e. The minimum atomic E-state index is -2.20. The van der Waals surface area contributed by atoms with Crippen LogP contribution in [0.5, 0.6) is 0 Å². The van der Waals surface area contributed by atoms with Crippen molar-refractivity contribution in [3.8, 4) is 64.0 Å². The van der Waals surface area contributed by atoms with E-state index in [2.05, 4.69) is 293 Å². The van der Waals surface area contributed by atoms with E-state index >= 15 is 0 Å². The van der Waals surface area contributed by atoms with Crippen molar-refractivity contribution in [1.29, 1.82) is 0 Å². The molecule has 4 aromatic carbocycles. The van der Waals surface area contributed by atoms with Crippen molar-refractivity contribution in [2.45, 2.75) is 179 Å². The Bertz CT molecular complexity index is 4030. The molecule has 0 saturated carbocycles. The first-order valence-corrected chi connectivity index (χ1v) is 48.7. The average Bonchev–Trinajstić information content (AvgIpc) is 1.55. The largest absolute Gasteiger partial charge is 0.413 e. The molecule has 0 spiro atoms. The Labute approximate surface area is 582 Å². The predicted octanol–water partition coefficient (Wildman–Crippen LogP) is 25.3. The van der Waals surface area contributed by atoms with Crippen molar-refractivity contribution in [1.82, 2.24) is 0 Å². The van der Waals surface area contributed by atoms with E-state index in [4.69, 9.17) is 17.7 Å². The summed E-state index contributed by atoms with van der Waals surface area (Å²) in [5.41, 5.74) is 15.7. The molecule has 4 atom stereocenters. The predicted molar refractivity (Wildman–Crippen MR) is 416 cm³/mol. The standard InChI is InChI=1S/C81H98O5S4Si4/c1-78(2,3)91(13,14)83-47-65-59-33-35-61(67(65)49-85-93(17,18)80(7,8)9)75-43-39-71(89-75)55-29-31-57-58-32-30-56(46-64(58)77(82)63(57)45-55)72-40-44-76(90-72)62-36-34-60(66(48-84-92(15,16)79(4,5)6)68(62)50-86-94(19,20)81(10,11)12)74-42-38-70(88-74)54-27-23-52(24-28-54)51-21-25-53(26-22-51)69-37-41-73(59)87-69/h21-46,59-62H,47-50H2,1-20H3/t59-,60-,61+,62+/m0/s1. The van der Waals surface area contributed by atoms with Gasteiger partial charge in [0.25, 0.3) is 0 Å². The monoisotopic (exact) mass is 1390 g/mol. The maximum Gasteiger partial charge on any atom is 0.194 e. The Hall–Kier alpha value is -4.98. The topological polar surface area (TPSA) is 54.0 Å². The second kappa shape index (κ2) is 25.4. The lowest BCUT2D eigenvalue weighted by Crippen LogP contribution is -2.42. The number of hydrogen-bond donors (Lipinski definition) is 0. The number of thiophene rings is 4. The van der Waals surface area contributed by atoms with Crippen LogP contribution in [0, 0.1) is 0 Å². The maximum absolute atomic E-state index is 15.0. The number of allylic oxidation sites excluding steroid dienone is 4. The Balaban J connectivity index is 0.976. The summed E-state index contributed by atoms with van der Waals surface area (Å²) in [6.45, 7) is 49.2. The van der Waals surface area contributed by atoms with Crippen LogP contribution in [0.1, 0.15) is 142 Å². The highest BCUT2D eigenvalue weighted by molar-refractivity contribution is 7.16. The minimum absolute atomic E-state index is 0.00178. The van der Waals surface area contributed by atoms with Crippen LogP contribution < -0.4 is 0 Å². The van der Waals surface area contributed by atoms with Gasteiger partial charge in [0.15, 0.2) is 39.1 Å².